The number of amides is 1. The SMILES string of the molecule is O=C(N=C(c1ccccc1)c1ccccc1)c1ccccc1N=P(c1ccccc1)(c1ccccc1)c1ccccc1. The van der Waals surface area contributed by atoms with Crippen molar-refractivity contribution in [3.63, 3.8) is 0 Å². The lowest BCUT2D eigenvalue weighted by Gasteiger charge is -2.27. The predicted molar refractivity (Wildman–Crippen MR) is 177 cm³/mol. The van der Waals surface area contributed by atoms with E-state index in [1.165, 1.54) is 0 Å². The maximum Gasteiger partial charge on any atom is 0.279 e. The van der Waals surface area contributed by atoms with Crippen LogP contribution in [0, 0.1) is 0 Å². The number of benzene rings is 6. The first-order valence-electron chi connectivity index (χ1n) is 13.9. The van der Waals surface area contributed by atoms with Crippen molar-refractivity contribution in [2.24, 2.45) is 9.74 Å². The quantitative estimate of drug-likeness (QED) is 0.143. The standard InChI is InChI=1S/C38H29N2OP/c41-38(39-37(30-18-6-1-7-19-30)31-20-8-2-9-21-31)35-28-16-17-29-36(35)40-42(32-22-10-3-11-23-32,33-24-12-4-13-25-33)34-26-14-5-15-27-34/h1-29H. The van der Waals surface area contributed by atoms with Gasteiger partial charge < -0.3 is 0 Å². The molecule has 0 fully saturated rings. The summed E-state index contributed by atoms with van der Waals surface area (Å²) in [7, 11) is -2.57. The second-order valence-electron chi connectivity index (χ2n) is 9.76. The molecular formula is C38H29N2OP. The Kier molecular flexibility index (Phi) is 8.12. The molecule has 6 rings (SSSR count). The van der Waals surface area contributed by atoms with Gasteiger partial charge >= 0.3 is 0 Å². The average molecular weight is 561 g/mol. The largest absolute Gasteiger partial charge is 0.279 e. The second kappa shape index (κ2) is 12.6. The van der Waals surface area contributed by atoms with Gasteiger partial charge in [0.25, 0.3) is 5.91 Å². The van der Waals surface area contributed by atoms with Crippen molar-refractivity contribution in [3.8, 4) is 0 Å². The van der Waals surface area contributed by atoms with Gasteiger partial charge in [-0.2, -0.15) is 0 Å². The minimum atomic E-state index is -2.57. The van der Waals surface area contributed by atoms with Crippen molar-refractivity contribution in [2.45, 2.75) is 0 Å². The molecule has 0 aromatic heterocycles. The van der Waals surface area contributed by atoms with Crippen LogP contribution < -0.4 is 15.9 Å². The van der Waals surface area contributed by atoms with Gasteiger partial charge in [0.2, 0.25) is 0 Å². The van der Waals surface area contributed by atoms with Crippen molar-refractivity contribution >= 4 is 40.3 Å². The fourth-order valence-corrected chi connectivity index (χ4v) is 8.65. The third kappa shape index (κ3) is 5.56. The maximum atomic E-state index is 14.1. The van der Waals surface area contributed by atoms with E-state index in [0.29, 0.717) is 17.0 Å². The Morgan fingerprint density at radius 1 is 0.429 bits per heavy atom. The van der Waals surface area contributed by atoms with E-state index in [9.17, 15) is 4.79 Å². The first kappa shape index (κ1) is 27.1. The van der Waals surface area contributed by atoms with Gasteiger partial charge in [-0.15, -0.1) is 0 Å². The normalized spacial score (nSPS) is 11.0. The molecule has 6 aromatic carbocycles. The van der Waals surface area contributed by atoms with E-state index >= 15 is 0 Å². The summed E-state index contributed by atoms with van der Waals surface area (Å²) in [4.78, 5) is 18.8. The first-order valence-corrected chi connectivity index (χ1v) is 15.6. The molecule has 42 heavy (non-hydrogen) atoms. The highest BCUT2D eigenvalue weighted by Crippen LogP contribution is 2.49. The van der Waals surface area contributed by atoms with Crippen LogP contribution in [0.2, 0.25) is 0 Å². The van der Waals surface area contributed by atoms with Gasteiger partial charge in [0.15, 0.2) is 0 Å². The molecule has 0 radical (unpaired) electrons. The zero-order valence-corrected chi connectivity index (χ0v) is 23.9. The van der Waals surface area contributed by atoms with Crippen LogP contribution in [0.25, 0.3) is 0 Å². The van der Waals surface area contributed by atoms with E-state index in [0.717, 1.165) is 27.0 Å². The maximum absolute atomic E-state index is 14.1. The molecule has 0 spiro atoms. The second-order valence-corrected chi connectivity index (χ2v) is 12.8. The average Bonchev–Trinajstić information content (AvgIpc) is 3.08. The molecule has 0 aliphatic heterocycles. The van der Waals surface area contributed by atoms with E-state index in [1.54, 1.807) is 0 Å². The summed E-state index contributed by atoms with van der Waals surface area (Å²) in [5.41, 5.74) is 3.48. The number of carbonyl (C=O) groups excluding carboxylic acids is 1. The van der Waals surface area contributed by atoms with Gasteiger partial charge in [-0.1, -0.05) is 164 Å². The van der Waals surface area contributed by atoms with Crippen LogP contribution in [0.4, 0.5) is 5.69 Å². The molecule has 0 heterocycles. The third-order valence-electron chi connectivity index (χ3n) is 7.09. The molecule has 0 aliphatic rings. The first-order chi connectivity index (χ1) is 20.8. The van der Waals surface area contributed by atoms with E-state index < -0.39 is 7.05 Å². The van der Waals surface area contributed by atoms with Crippen molar-refractivity contribution in [2.75, 3.05) is 0 Å². The van der Waals surface area contributed by atoms with E-state index in [1.807, 2.05) is 103 Å². The molecule has 4 heteroatoms. The summed E-state index contributed by atoms with van der Waals surface area (Å²) in [5.74, 6) is -0.329. The Hall–Kier alpha value is -5.11. The fraction of sp³-hybridized carbons (Fsp3) is 0. The molecule has 1 amide bonds. The molecule has 0 unspecified atom stereocenters. The minimum absolute atomic E-state index is 0.329. The Morgan fingerprint density at radius 3 is 1.21 bits per heavy atom. The molecule has 0 saturated carbocycles. The summed E-state index contributed by atoms with van der Waals surface area (Å²) in [6, 6.07) is 58.5. The number of carbonyl (C=O) groups is 1. The Morgan fingerprint density at radius 2 is 0.786 bits per heavy atom. The van der Waals surface area contributed by atoms with E-state index in [4.69, 9.17) is 9.74 Å². The summed E-state index contributed by atoms with van der Waals surface area (Å²) >= 11 is 0. The van der Waals surface area contributed by atoms with Crippen molar-refractivity contribution < 1.29 is 4.79 Å². The van der Waals surface area contributed by atoms with E-state index in [-0.39, 0.29) is 5.91 Å². The number of aliphatic imine (C=N–C) groups is 1. The van der Waals surface area contributed by atoms with Crippen LogP contribution in [-0.4, -0.2) is 11.6 Å². The zero-order chi connectivity index (χ0) is 28.6. The molecule has 0 aliphatic carbocycles. The molecule has 202 valence electrons. The lowest BCUT2D eigenvalue weighted by molar-refractivity contribution is 0.100. The van der Waals surface area contributed by atoms with Crippen LogP contribution in [0.15, 0.2) is 186 Å². The number of rotatable bonds is 7. The molecule has 0 bridgehead atoms. The van der Waals surface area contributed by atoms with Crippen molar-refractivity contribution in [1.29, 1.82) is 0 Å². The topological polar surface area (TPSA) is 41.8 Å². The van der Waals surface area contributed by atoms with Gasteiger partial charge in [-0.3, -0.25) is 9.54 Å². The smallest absolute Gasteiger partial charge is 0.267 e. The third-order valence-corrected chi connectivity index (χ3v) is 10.7. The predicted octanol–water partition coefficient (Wildman–Crippen LogP) is 8.17. The zero-order valence-electron chi connectivity index (χ0n) is 23.0. The summed E-state index contributed by atoms with van der Waals surface area (Å²) < 4.78 is 5.60. The Balaban J connectivity index is 1.60. The Bertz CT molecular complexity index is 1720. The fourth-order valence-electron chi connectivity index (χ4n) is 5.10. The van der Waals surface area contributed by atoms with Crippen molar-refractivity contribution in [1.82, 2.24) is 0 Å². The van der Waals surface area contributed by atoms with Crippen LogP contribution in [0.5, 0.6) is 0 Å². The van der Waals surface area contributed by atoms with Crippen LogP contribution in [0.3, 0.4) is 0 Å². The summed E-state index contributed by atoms with van der Waals surface area (Å²) in [5, 5.41) is 3.34. The molecular weight excluding hydrogens is 531 g/mol. The van der Waals surface area contributed by atoms with Gasteiger partial charge in [0, 0.05) is 27.0 Å². The summed E-state index contributed by atoms with van der Waals surface area (Å²) in [6.45, 7) is 0. The highest BCUT2D eigenvalue weighted by atomic mass is 31.2. The minimum Gasteiger partial charge on any atom is -0.267 e. The molecule has 6 aromatic rings. The molecule has 0 atom stereocenters. The van der Waals surface area contributed by atoms with E-state index in [2.05, 4.69) is 72.8 Å². The van der Waals surface area contributed by atoms with Gasteiger partial charge in [0.05, 0.1) is 24.0 Å². The highest BCUT2D eigenvalue weighted by Gasteiger charge is 2.28. The number of hydrogen-bond acceptors (Lipinski definition) is 2. The number of nitrogens with zero attached hydrogens (tertiary/aromatic N) is 2. The van der Waals surface area contributed by atoms with Crippen molar-refractivity contribution in [3.05, 3.63) is 193 Å². The lowest BCUT2D eigenvalue weighted by atomic mass is 10.0. The summed E-state index contributed by atoms with van der Waals surface area (Å²) in [6.07, 6.45) is 0. The molecule has 3 nitrogen and oxygen atoms in total. The van der Waals surface area contributed by atoms with Gasteiger partial charge in [0.1, 0.15) is 0 Å². The number of hydrogen-bond donors (Lipinski definition) is 0. The van der Waals surface area contributed by atoms with Gasteiger partial charge in [-0.25, -0.2) is 4.99 Å². The Labute approximate surface area is 246 Å². The van der Waals surface area contributed by atoms with Crippen LogP contribution in [-0.2, 0) is 0 Å². The van der Waals surface area contributed by atoms with Crippen LogP contribution >= 0.6 is 7.05 Å². The van der Waals surface area contributed by atoms with Gasteiger partial charge in [-0.05, 0) is 12.1 Å². The molecule has 0 saturated heterocycles. The monoisotopic (exact) mass is 560 g/mol. The van der Waals surface area contributed by atoms with Crippen LogP contribution in [0.1, 0.15) is 21.5 Å². The lowest BCUT2D eigenvalue weighted by Crippen LogP contribution is -2.25. The molecule has 0 N–H and O–H groups in total. The highest BCUT2D eigenvalue weighted by molar-refractivity contribution is 7.87.